The molecule has 2 N–H and O–H groups in total. The van der Waals surface area contributed by atoms with Gasteiger partial charge < -0.3 is 19.5 Å². The van der Waals surface area contributed by atoms with E-state index in [1.54, 1.807) is 0 Å². The molecule has 1 amide bonds. The molecule has 210 valence electrons. The molecule has 0 spiro atoms. The Morgan fingerprint density at radius 1 is 1.00 bits per heavy atom. The molecular weight excluding hydrogens is 528 g/mol. The van der Waals surface area contributed by atoms with Gasteiger partial charge in [-0.15, -0.1) is 0 Å². The molecule has 38 heavy (non-hydrogen) atoms. The Kier molecular flexibility index (Phi) is 9.89. The number of furan rings is 1. The van der Waals surface area contributed by atoms with E-state index in [0.29, 0.717) is 12.1 Å². The standard InChI is InChI=1S/C19H23N3O2.2C2HF3O2/c1-13-10-16(14(2)24-13)19(23)22-9-6-17-18(22)5-8-21(17)12-15-4-3-7-20-11-15;2*3-2(4,5)1(6)7/h3-4,7,10-11,17-18H,5-6,8-9,12H2,1-2H3;2*(H,6,7)/t17-,18+;;/m0../s1. The summed E-state index contributed by atoms with van der Waals surface area (Å²) in [5.41, 5.74) is 1.96. The Hall–Kier alpha value is -3.62. The summed E-state index contributed by atoms with van der Waals surface area (Å²) in [5.74, 6) is -3.86. The molecule has 15 heteroatoms. The van der Waals surface area contributed by atoms with Gasteiger partial charge in [0, 0.05) is 44.1 Å². The first-order valence-corrected chi connectivity index (χ1v) is 11.1. The minimum Gasteiger partial charge on any atom is -0.475 e. The van der Waals surface area contributed by atoms with E-state index in [9.17, 15) is 31.1 Å². The third-order valence-corrected chi connectivity index (χ3v) is 5.82. The second-order valence-corrected chi connectivity index (χ2v) is 8.48. The van der Waals surface area contributed by atoms with Gasteiger partial charge in [-0.3, -0.25) is 14.7 Å². The fourth-order valence-electron chi connectivity index (χ4n) is 4.25. The predicted octanol–water partition coefficient (Wildman–Crippen LogP) is 4.05. The number of carbonyl (C=O) groups is 3. The van der Waals surface area contributed by atoms with Crippen molar-refractivity contribution in [1.82, 2.24) is 14.8 Å². The van der Waals surface area contributed by atoms with Crippen molar-refractivity contribution in [3.05, 3.63) is 53.2 Å². The lowest BCUT2D eigenvalue weighted by atomic mass is 10.1. The first-order valence-electron chi connectivity index (χ1n) is 11.1. The Labute approximate surface area is 212 Å². The predicted molar refractivity (Wildman–Crippen MR) is 118 cm³/mol. The zero-order chi connectivity index (χ0) is 28.8. The number of rotatable bonds is 3. The molecule has 2 aromatic rings. The highest BCUT2D eigenvalue weighted by molar-refractivity contribution is 5.95. The summed E-state index contributed by atoms with van der Waals surface area (Å²) in [7, 11) is 0. The van der Waals surface area contributed by atoms with Crippen LogP contribution in [-0.2, 0) is 16.1 Å². The molecule has 0 aromatic carbocycles. The zero-order valence-corrected chi connectivity index (χ0v) is 20.2. The third kappa shape index (κ3) is 8.19. The summed E-state index contributed by atoms with van der Waals surface area (Å²) >= 11 is 0. The molecule has 2 aliphatic heterocycles. The number of fused-ring (bicyclic) bond motifs is 1. The van der Waals surface area contributed by atoms with E-state index in [2.05, 4.69) is 20.9 Å². The quantitative estimate of drug-likeness (QED) is 0.546. The van der Waals surface area contributed by atoms with Crippen molar-refractivity contribution in [1.29, 1.82) is 0 Å². The Balaban J connectivity index is 0.000000301. The monoisotopic (exact) mass is 553 g/mol. The number of pyridine rings is 1. The van der Waals surface area contributed by atoms with Crippen LogP contribution >= 0.6 is 0 Å². The molecule has 2 fully saturated rings. The first-order chi connectivity index (χ1) is 17.5. The largest absolute Gasteiger partial charge is 0.490 e. The molecule has 2 saturated heterocycles. The summed E-state index contributed by atoms with van der Waals surface area (Å²) in [6.07, 6.45) is -4.33. The van der Waals surface area contributed by atoms with E-state index in [0.717, 1.165) is 49.6 Å². The molecule has 2 atom stereocenters. The average molecular weight is 553 g/mol. The minimum atomic E-state index is -5.08. The second-order valence-electron chi connectivity index (χ2n) is 8.48. The summed E-state index contributed by atoms with van der Waals surface area (Å²) in [5, 5.41) is 14.2. The number of carbonyl (C=O) groups excluding carboxylic acids is 1. The van der Waals surface area contributed by atoms with E-state index in [4.69, 9.17) is 24.2 Å². The molecular formula is C23H25F6N3O6. The van der Waals surface area contributed by atoms with Crippen molar-refractivity contribution in [2.45, 2.75) is 57.7 Å². The molecule has 0 unspecified atom stereocenters. The van der Waals surface area contributed by atoms with Crippen LogP contribution in [0.1, 0.15) is 40.3 Å². The minimum absolute atomic E-state index is 0.125. The van der Waals surface area contributed by atoms with Crippen LogP contribution in [0.5, 0.6) is 0 Å². The van der Waals surface area contributed by atoms with E-state index < -0.39 is 24.3 Å². The Bertz CT molecular complexity index is 1100. The number of aromatic nitrogens is 1. The van der Waals surface area contributed by atoms with Crippen molar-refractivity contribution < 1.29 is 55.4 Å². The third-order valence-electron chi connectivity index (χ3n) is 5.82. The molecule has 2 aliphatic rings. The van der Waals surface area contributed by atoms with Crippen LogP contribution in [-0.4, -0.2) is 80.4 Å². The number of likely N-dealkylation sites (tertiary alicyclic amines) is 2. The van der Waals surface area contributed by atoms with Crippen LogP contribution in [0.3, 0.4) is 0 Å². The van der Waals surface area contributed by atoms with Gasteiger partial charge >= 0.3 is 24.3 Å². The Morgan fingerprint density at radius 3 is 2.00 bits per heavy atom. The Morgan fingerprint density at radius 2 is 1.55 bits per heavy atom. The average Bonchev–Trinajstić information content (AvgIpc) is 3.49. The van der Waals surface area contributed by atoms with Gasteiger partial charge in [0.2, 0.25) is 0 Å². The first kappa shape index (κ1) is 30.6. The zero-order valence-electron chi connectivity index (χ0n) is 20.2. The number of hydrogen-bond donors (Lipinski definition) is 2. The highest BCUT2D eigenvalue weighted by Gasteiger charge is 2.45. The molecule has 0 saturated carbocycles. The van der Waals surface area contributed by atoms with Crippen molar-refractivity contribution in [3.8, 4) is 0 Å². The van der Waals surface area contributed by atoms with Crippen LogP contribution in [0.4, 0.5) is 26.3 Å². The maximum absolute atomic E-state index is 12.9. The van der Waals surface area contributed by atoms with E-state index in [-0.39, 0.29) is 5.91 Å². The molecule has 4 heterocycles. The highest BCUT2D eigenvalue weighted by atomic mass is 19.4. The van der Waals surface area contributed by atoms with Crippen LogP contribution in [0.15, 0.2) is 35.0 Å². The van der Waals surface area contributed by atoms with Gasteiger partial charge in [0.05, 0.1) is 5.56 Å². The number of halogens is 6. The maximum Gasteiger partial charge on any atom is 0.490 e. The van der Waals surface area contributed by atoms with Crippen LogP contribution in [0, 0.1) is 13.8 Å². The van der Waals surface area contributed by atoms with Crippen molar-refractivity contribution in [2.75, 3.05) is 13.1 Å². The number of aliphatic carboxylic acids is 2. The number of aryl methyl sites for hydroxylation is 2. The normalized spacial score (nSPS) is 19.1. The summed E-state index contributed by atoms with van der Waals surface area (Å²) in [4.78, 5) is 39.5. The summed E-state index contributed by atoms with van der Waals surface area (Å²) in [6.45, 7) is 6.55. The molecule has 0 aliphatic carbocycles. The van der Waals surface area contributed by atoms with Gasteiger partial charge in [-0.1, -0.05) is 6.07 Å². The number of nitrogens with zero attached hydrogens (tertiary/aromatic N) is 3. The van der Waals surface area contributed by atoms with Crippen LogP contribution < -0.4 is 0 Å². The summed E-state index contributed by atoms with van der Waals surface area (Å²) < 4.78 is 69.0. The fraction of sp³-hybridized carbons (Fsp3) is 0.478. The van der Waals surface area contributed by atoms with Crippen LogP contribution in [0.25, 0.3) is 0 Å². The molecule has 2 aromatic heterocycles. The molecule has 0 radical (unpaired) electrons. The molecule has 0 bridgehead atoms. The van der Waals surface area contributed by atoms with Gasteiger partial charge in [-0.2, -0.15) is 26.3 Å². The van der Waals surface area contributed by atoms with Gasteiger partial charge in [0.1, 0.15) is 11.5 Å². The topological polar surface area (TPSA) is 124 Å². The number of carboxylic acid groups (broad SMARTS) is 2. The highest BCUT2D eigenvalue weighted by Crippen LogP contribution is 2.34. The van der Waals surface area contributed by atoms with Crippen LogP contribution in [0.2, 0.25) is 0 Å². The van der Waals surface area contributed by atoms with Crippen molar-refractivity contribution in [3.63, 3.8) is 0 Å². The molecule has 9 nitrogen and oxygen atoms in total. The van der Waals surface area contributed by atoms with E-state index >= 15 is 0 Å². The number of carboxylic acids is 2. The number of hydrogen-bond acceptors (Lipinski definition) is 6. The van der Waals surface area contributed by atoms with Gasteiger partial charge in [0.25, 0.3) is 5.91 Å². The lowest BCUT2D eigenvalue weighted by Crippen LogP contribution is -2.39. The van der Waals surface area contributed by atoms with Gasteiger partial charge in [-0.05, 0) is 44.4 Å². The van der Waals surface area contributed by atoms with Crippen molar-refractivity contribution in [2.24, 2.45) is 0 Å². The van der Waals surface area contributed by atoms with Crippen molar-refractivity contribution >= 4 is 17.8 Å². The SMILES string of the molecule is Cc1cc(C(=O)N2CC[C@H]3[C@H]2CCN3Cc2cccnc2)c(C)o1.O=C(O)C(F)(F)F.O=C(O)C(F)(F)F. The van der Waals surface area contributed by atoms with Gasteiger partial charge in [0.15, 0.2) is 0 Å². The van der Waals surface area contributed by atoms with E-state index in [1.807, 2.05) is 38.4 Å². The summed E-state index contributed by atoms with van der Waals surface area (Å²) in [6, 6.07) is 6.76. The second kappa shape index (κ2) is 12.3. The fourth-order valence-corrected chi connectivity index (χ4v) is 4.25. The lowest BCUT2D eigenvalue weighted by molar-refractivity contribution is -0.193. The molecule has 4 rings (SSSR count). The van der Waals surface area contributed by atoms with Gasteiger partial charge in [-0.25, -0.2) is 9.59 Å². The number of amides is 1. The maximum atomic E-state index is 12.9. The lowest BCUT2D eigenvalue weighted by Gasteiger charge is -2.25. The smallest absolute Gasteiger partial charge is 0.475 e. The van der Waals surface area contributed by atoms with E-state index in [1.165, 1.54) is 5.56 Å². The number of alkyl halides is 6.